The van der Waals surface area contributed by atoms with Crippen molar-refractivity contribution in [3.8, 4) is 11.5 Å². The summed E-state index contributed by atoms with van der Waals surface area (Å²) < 4.78 is 12.3. The molecule has 0 radical (unpaired) electrons. The van der Waals surface area contributed by atoms with Crippen LogP contribution in [0.25, 0.3) is 0 Å². The van der Waals surface area contributed by atoms with Gasteiger partial charge in [0.2, 0.25) is 11.8 Å². The first-order valence-corrected chi connectivity index (χ1v) is 10.3. The number of benzene rings is 2. The number of carbonyl (C=O) groups is 2. The summed E-state index contributed by atoms with van der Waals surface area (Å²) in [5.41, 5.74) is 0.717. The fourth-order valence-electron chi connectivity index (χ4n) is 2.44. The predicted octanol–water partition coefficient (Wildman–Crippen LogP) is 3.08. The smallest absolute Gasteiger partial charge is 0.234 e. The second kappa shape index (κ2) is 9.66. The van der Waals surface area contributed by atoms with Crippen molar-refractivity contribution in [2.24, 2.45) is 0 Å². The number of amides is 2. The molecule has 0 spiro atoms. The number of fused-ring (bicyclic) bond motifs is 1. The number of hydrogen-bond donors (Lipinski definition) is 2. The molecule has 2 N–H and O–H groups in total. The molecule has 27 heavy (non-hydrogen) atoms. The average molecular weight is 451 g/mol. The van der Waals surface area contributed by atoms with E-state index in [1.54, 1.807) is 0 Å². The van der Waals surface area contributed by atoms with Gasteiger partial charge in [-0.15, -0.1) is 11.8 Å². The van der Waals surface area contributed by atoms with Crippen LogP contribution in [0, 0.1) is 0 Å². The van der Waals surface area contributed by atoms with E-state index >= 15 is 0 Å². The molecule has 0 saturated heterocycles. The standard InChI is InChI=1S/C19H19BrN2O4S/c20-13-4-3-5-14(8-13)22-19(24)12-27-11-18(23)21-9-15-10-25-16-6-1-2-7-17(16)26-15/h1-8,15H,9-12H2,(H,21,23)(H,22,24). The molecule has 1 aliphatic heterocycles. The van der Waals surface area contributed by atoms with Crippen molar-refractivity contribution in [3.63, 3.8) is 0 Å². The van der Waals surface area contributed by atoms with Gasteiger partial charge in [-0.1, -0.05) is 34.1 Å². The normalized spacial score (nSPS) is 15.1. The largest absolute Gasteiger partial charge is 0.486 e. The Balaban J connectivity index is 1.32. The Morgan fingerprint density at radius 2 is 1.85 bits per heavy atom. The lowest BCUT2D eigenvalue weighted by Crippen LogP contribution is -2.41. The highest BCUT2D eigenvalue weighted by Gasteiger charge is 2.21. The monoisotopic (exact) mass is 450 g/mol. The lowest BCUT2D eigenvalue weighted by molar-refractivity contribution is -0.119. The topological polar surface area (TPSA) is 76.7 Å². The molecule has 0 aromatic heterocycles. The summed E-state index contributed by atoms with van der Waals surface area (Å²) >= 11 is 4.61. The number of ether oxygens (including phenoxy) is 2. The van der Waals surface area contributed by atoms with Gasteiger partial charge in [-0.2, -0.15) is 0 Å². The van der Waals surface area contributed by atoms with E-state index in [1.165, 1.54) is 11.8 Å². The Hall–Kier alpha value is -2.19. The third-order valence-electron chi connectivity index (χ3n) is 3.67. The zero-order valence-corrected chi connectivity index (χ0v) is 16.8. The van der Waals surface area contributed by atoms with Crippen LogP contribution >= 0.6 is 27.7 Å². The van der Waals surface area contributed by atoms with Crippen molar-refractivity contribution in [3.05, 3.63) is 53.0 Å². The molecule has 6 nitrogen and oxygen atoms in total. The Bertz CT molecular complexity index is 818. The van der Waals surface area contributed by atoms with Crippen molar-refractivity contribution in [2.45, 2.75) is 6.10 Å². The summed E-state index contributed by atoms with van der Waals surface area (Å²) in [4.78, 5) is 23.9. The van der Waals surface area contributed by atoms with Crippen molar-refractivity contribution in [1.82, 2.24) is 5.32 Å². The Morgan fingerprint density at radius 3 is 2.67 bits per heavy atom. The number of nitrogens with one attached hydrogen (secondary N) is 2. The SMILES string of the molecule is O=C(CSCC(=O)Nc1cccc(Br)c1)NCC1COc2ccccc2O1. The fourth-order valence-corrected chi connectivity index (χ4v) is 3.49. The van der Waals surface area contributed by atoms with Crippen LogP contribution in [0.15, 0.2) is 53.0 Å². The molecule has 2 aromatic rings. The average Bonchev–Trinajstić information content (AvgIpc) is 2.66. The Kier molecular flexibility index (Phi) is 7.00. The van der Waals surface area contributed by atoms with E-state index in [-0.39, 0.29) is 29.4 Å². The minimum absolute atomic E-state index is 0.141. The molecule has 3 rings (SSSR count). The summed E-state index contributed by atoms with van der Waals surface area (Å²) in [5, 5.41) is 5.60. The summed E-state index contributed by atoms with van der Waals surface area (Å²) in [6, 6.07) is 14.8. The van der Waals surface area contributed by atoms with Crippen molar-refractivity contribution < 1.29 is 19.1 Å². The summed E-state index contributed by atoms with van der Waals surface area (Å²) in [5.74, 6) is 1.52. The van der Waals surface area contributed by atoms with Gasteiger partial charge in [0.25, 0.3) is 0 Å². The van der Waals surface area contributed by atoms with Gasteiger partial charge in [-0.25, -0.2) is 0 Å². The maximum Gasteiger partial charge on any atom is 0.234 e. The van der Waals surface area contributed by atoms with Crippen LogP contribution in [0.2, 0.25) is 0 Å². The molecule has 0 bridgehead atoms. The number of para-hydroxylation sites is 2. The van der Waals surface area contributed by atoms with E-state index in [4.69, 9.17) is 9.47 Å². The van der Waals surface area contributed by atoms with E-state index in [0.717, 1.165) is 4.47 Å². The Labute approximate surface area is 170 Å². The summed E-state index contributed by atoms with van der Waals surface area (Å²) in [6.45, 7) is 0.747. The van der Waals surface area contributed by atoms with E-state index in [0.29, 0.717) is 30.3 Å². The molecule has 0 fully saturated rings. The van der Waals surface area contributed by atoms with Crippen LogP contribution < -0.4 is 20.1 Å². The highest BCUT2D eigenvalue weighted by molar-refractivity contribution is 9.10. The van der Waals surface area contributed by atoms with E-state index < -0.39 is 0 Å². The van der Waals surface area contributed by atoms with Crippen LogP contribution in [0.3, 0.4) is 0 Å². The number of rotatable bonds is 7. The highest BCUT2D eigenvalue weighted by atomic mass is 79.9. The van der Waals surface area contributed by atoms with E-state index in [1.807, 2.05) is 48.5 Å². The number of carbonyl (C=O) groups excluding carboxylic acids is 2. The van der Waals surface area contributed by atoms with Gasteiger partial charge in [0, 0.05) is 10.2 Å². The summed E-state index contributed by atoms with van der Waals surface area (Å²) in [7, 11) is 0. The highest BCUT2D eigenvalue weighted by Crippen LogP contribution is 2.30. The van der Waals surface area contributed by atoms with Gasteiger partial charge in [0.05, 0.1) is 18.1 Å². The molecule has 0 aliphatic carbocycles. The molecule has 1 heterocycles. The third kappa shape index (κ3) is 6.18. The first-order valence-electron chi connectivity index (χ1n) is 8.38. The number of hydrogen-bond acceptors (Lipinski definition) is 5. The van der Waals surface area contributed by atoms with Crippen molar-refractivity contribution in [1.29, 1.82) is 0 Å². The van der Waals surface area contributed by atoms with Crippen molar-refractivity contribution >= 4 is 45.2 Å². The van der Waals surface area contributed by atoms with Gasteiger partial charge >= 0.3 is 0 Å². The van der Waals surface area contributed by atoms with E-state index in [9.17, 15) is 9.59 Å². The van der Waals surface area contributed by atoms with Gasteiger partial charge in [0.1, 0.15) is 12.7 Å². The molecule has 8 heteroatoms. The fraction of sp³-hybridized carbons (Fsp3) is 0.263. The Morgan fingerprint density at radius 1 is 1.07 bits per heavy atom. The lowest BCUT2D eigenvalue weighted by atomic mass is 10.2. The molecule has 0 saturated carbocycles. The molecule has 1 unspecified atom stereocenters. The molecule has 2 aromatic carbocycles. The second-order valence-corrected chi connectivity index (χ2v) is 7.75. The molecular formula is C19H19BrN2O4S. The maximum absolute atomic E-state index is 11.9. The molecule has 1 aliphatic rings. The van der Waals surface area contributed by atoms with Crippen LogP contribution in [0.1, 0.15) is 0 Å². The molecular weight excluding hydrogens is 432 g/mol. The third-order valence-corrected chi connectivity index (χ3v) is 5.09. The first kappa shape index (κ1) is 19.6. The van der Waals surface area contributed by atoms with E-state index in [2.05, 4.69) is 26.6 Å². The van der Waals surface area contributed by atoms with Gasteiger partial charge in [-0.05, 0) is 30.3 Å². The van der Waals surface area contributed by atoms with Crippen LogP contribution in [0.4, 0.5) is 5.69 Å². The van der Waals surface area contributed by atoms with Gasteiger partial charge < -0.3 is 20.1 Å². The first-order chi connectivity index (χ1) is 13.1. The second-order valence-electron chi connectivity index (χ2n) is 5.85. The van der Waals surface area contributed by atoms with Gasteiger partial charge in [0.15, 0.2) is 11.5 Å². The van der Waals surface area contributed by atoms with Crippen LogP contribution in [-0.4, -0.2) is 42.6 Å². The molecule has 142 valence electrons. The predicted molar refractivity (Wildman–Crippen MR) is 109 cm³/mol. The van der Waals surface area contributed by atoms with Crippen LogP contribution in [-0.2, 0) is 9.59 Å². The van der Waals surface area contributed by atoms with Crippen molar-refractivity contribution in [2.75, 3.05) is 30.0 Å². The quantitative estimate of drug-likeness (QED) is 0.677. The minimum Gasteiger partial charge on any atom is -0.486 e. The molecule has 1 atom stereocenters. The summed E-state index contributed by atoms with van der Waals surface area (Å²) in [6.07, 6.45) is -0.228. The zero-order valence-electron chi connectivity index (χ0n) is 14.4. The van der Waals surface area contributed by atoms with Crippen LogP contribution in [0.5, 0.6) is 11.5 Å². The minimum atomic E-state index is -0.228. The number of anilines is 1. The lowest BCUT2D eigenvalue weighted by Gasteiger charge is -2.26. The number of halogens is 1. The van der Waals surface area contributed by atoms with Gasteiger partial charge in [-0.3, -0.25) is 9.59 Å². The maximum atomic E-state index is 11.9. The zero-order chi connectivity index (χ0) is 19.1. The number of thioether (sulfide) groups is 1. The molecule has 2 amide bonds.